The zero-order chi connectivity index (χ0) is 22.8. The van der Waals surface area contributed by atoms with Crippen LogP contribution in [0.1, 0.15) is 30.1 Å². The second kappa shape index (κ2) is 11.3. The standard InChI is InChI=1S/C25H29N3O4/c1-3-15-25(24(30)28-26-16-4-2)22(19-9-6-5-7-10-19)32-23(27-25)20-11-13-21(14-12-20)31-18-8-17-29/h3-7,9-14,22,26,29H,1-2,8,15-18H2,(H,28,30)/t22-,25-/m0/s1. The van der Waals surface area contributed by atoms with Gasteiger partial charge in [-0.3, -0.25) is 10.2 Å². The highest BCUT2D eigenvalue weighted by molar-refractivity contribution is 6.01. The molecule has 1 heterocycles. The van der Waals surface area contributed by atoms with E-state index < -0.39 is 11.6 Å². The van der Waals surface area contributed by atoms with Crippen molar-refractivity contribution in [3.8, 4) is 5.75 Å². The molecule has 7 heteroatoms. The van der Waals surface area contributed by atoms with Crippen LogP contribution in [0.5, 0.6) is 5.75 Å². The number of nitrogens with one attached hydrogen (secondary N) is 2. The number of aliphatic hydroxyl groups excluding tert-OH is 1. The van der Waals surface area contributed by atoms with Gasteiger partial charge in [-0.2, -0.15) is 0 Å². The lowest BCUT2D eigenvalue weighted by Gasteiger charge is -2.29. The summed E-state index contributed by atoms with van der Waals surface area (Å²) >= 11 is 0. The van der Waals surface area contributed by atoms with Crippen LogP contribution in [-0.4, -0.2) is 42.2 Å². The Labute approximate surface area is 188 Å². The number of rotatable bonds is 12. The maximum atomic E-state index is 13.3. The van der Waals surface area contributed by atoms with E-state index >= 15 is 0 Å². The van der Waals surface area contributed by atoms with Crippen molar-refractivity contribution in [3.63, 3.8) is 0 Å². The van der Waals surface area contributed by atoms with Gasteiger partial charge in [0.25, 0.3) is 5.91 Å². The Morgan fingerprint density at radius 3 is 2.56 bits per heavy atom. The highest BCUT2D eigenvalue weighted by atomic mass is 16.5. The second-order valence-electron chi connectivity index (χ2n) is 7.32. The number of nitrogens with zero attached hydrogens (tertiary/aromatic N) is 1. The fraction of sp³-hybridized carbons (Fsp3) is 0.280. The molecule has 0 radical (unpaired) electrons. The van der Waals surface area contributed by atoms with Gasteiger partial charge in [-0.1, -0.05) is 42.5 Å². The molecule has 0 bridgehead atoms. The predicted molar refractivity (Wildman–Crippen MR) is 124 cm³/mol. The smallest absolute Gasteiger partial charge is 0.266 e. The summed E-state index contributed by atoms with van der Waals surface area (Å²) in [4.78, 5) is 18.1. The van der Waals surface area contributed by atoms with Crippen LogP contribution in [0.4, 0.5) is 0 Å². The van der Waals surface area contributed by atoms with Gasteiger partial charge in [-0.25, -0.2) is 10.4 Å². The van der Waals surface area contributed by atoms with E-state index in [0.29, 0.717) is 37.6 Å². The molecule has 0 fully saturated rings. The molecule has 2 atom stereocenters. The number of hydrazine groups is 1. The molecule has 3 rings (SSSR count). The molecule has 1 amide bonds. The largest absolute Gasteiger partial charge is 0.494 e. The Hall–Kier alpha value is -3.42. The Balaban J connectivity index is 1.93. The van der Waals surface area contributed by atoms with Crippen LogP contribution in [0.25, 0.3) is 0 Å². The molecule has 32 heavy (non-hydrogen) atoms. The van der Waals surface area contributed by atoms with E-state index in [0.717, 1.165) is 11.1 Å². The van der Waals surface area contributed by atoms with E-state index in [1.807, 2.05) is 54.6 Å². The van der Waals surface area contributed by atoms with Gasteiger partial charge >= 0.3 is 0 Å². The van der Waals surface area contributed by atoms with E-state index in [-0.39, 0.29) is 12.5 Å². The summed E-state index contributed by atoms with van der Waals surface area (Å²) in [5, 5.41) is 8.90. The number of benzene rings is 2. The van der Waals surface area contributed by atoms with Crippen molar-refractivity contribution in [1.82, 2.24) is 10.9 Å². The quantitative estimate of drug-likeness (QED) is 0.271. The zero-order valence-electron chi connectivity index (χ0n) is 18.0. The van der Waals surface area contributed by atoms with E-state index in [1.165, 1.54) is 0 Å². The third kappa shape index (κ3) is 5.25. The number of carbonyl (C=O) groups is 1. The fourth-order valence-corrected chi connectivity index (χ4v) is 3.47. The summed E-state index contributed by atoms with van der Waals surface area (Å²) < 4.78 is 11.9. The molecule has 0 aliphatic carbocycles. The third-order valence-electron chi connectivity index (χ3n) is 5.04. The van der Waals surface area contributed by atoms with Gasteiger partial charge in [-0.15, -0.1) is 13.2 Å². The van der Waals surface area contributed by atoms with Gasteiger partial charge < -0.3 is 14.6 Å². The SMILES string of the molecule is C=CCNNC(=O)[C@@]1(CC=C)N=C(c2ccc(OCCCO)cc2)O[C@H]1c1ccccc1. The summed E-state index contributed by atoms with van der Waals surface area (Å²) in [5.41, 5.74) is 5.93. The van der Waals surface area contributed by atoms with E-state index in [1.54, 1.807) is 12.2 Å². The molecule has 0 saturated carbocycles. The maximum absolute atomic E-state index is 13.3. The summed E-state index contributed by atoms with van der Waals surface area (Å²) in [6.07, 6.45) is 3.56. The average Bonchev–Trinajstić information content (AvgIpc) is 3.21. The highest BCUT2D eigenvalue weighted by Gasteiger charge is 2.52. The van der Waals surface area contributed by atoms with Gasteiger partial charge in [0.2, 0.25) is 5.90 Å². The molecule has 168 valence electrons. The number of carbonyl (C=O) groups excluding carboxylic acids is 1. The van der Waals surface area contributed by atoms with E-state index in [9.17, 15) is 4.79 Å². The lowest BCUT2D eigenvalue weighted by atomic mass is 9.84. The molecular formula is C25H29N3O4. The summed E-state index contributed by atoms with van der Waals surface area (Å²) in [7, 11) is 0. The van der Waals surface area contributed by atoms with Gasteiger partial charge in [0.05, 0.1) is 6.61 Å². The van der Waals surface area contributed by atoms with E-state index in [2.05, 4.69) is 24.0 Å². The van der Waals surface area contributed by atoms with Crippen molar-refractivity contribution >= 4 is 11.8 Å². The lowest BCUT2D eigenvalue weighted by Crippen LogP contribution is -2.52. The zero-order valence-corrected chi connectivity index (χ0v) is 18.0. The molecule has 0 saturated heterocycles. The molecule has 0 spiro atoms. The van der Waals surface area contributed by atoms with Gasteiger partial charge in [-0.05, 0) is 29.8 Å². The minimum atomic E-state index is -1.22. The molecular weight excluding hydrogens is 406 g/mol. The molecule has 3 N–H and O–H groups in total. The fourth-order valence-electron chi connectivity index (χ4n) is 3.47. The lowest BCUT2D eigenvalue weighted by molar-refractivity contribution is -0.129. The Morgan fingerprint density at radius 1 is 1.16 bits per heavy atom. The summed E-state index contributed by atoms with van der Waals surface area (Å²) in [6, 6.07) is 16.9. The number of hydrogen-bond donors (Lipinski definition) is 3. The number of aliphatic imine (C=N–C) groups is 1. The average molecular weight is 436 g/mol. The highest BCUT2D eigenvalue weighted by Crippen LogP contribution is 2.42. The van der Waals surface area contributed by atoms with Gasteiger partial charge in [0, 0.05) is 31.6 Å². The van der Waals surface area contributed by atoms with Crippen molar-refractivity contribution in [2.75, 3.05) is 19.8 Å². The number of aliphatic hydroxyl groups is 1. The van der Waals surface area contributed by atoms with Crippen LogP contribution < -0.4 is 15.6 Å². The van der Waals surface area contributed by atoms with E-state index in [4.69, 9.17) is 19.6 Å². The number of hydrogen-bond acceptors (Lipinski definition) is 6. The van der Waals surface area contributed by atoms with Gasteiger partial charge in [0.1, 0.15) is 5.75 Å². The minimum Gasteiger partial charge on any atom is -0.494 e. The predicted octanol–water partition coefficient (Wildman–Crippen LogP) is 3.09. The first-order valence-corrected chi connectivity index (χ1v) is 10.5. The molecule has 2 aromatic rings. The van der Waals surface area contributed by atoms with Crippen LogP contribution in [0.15, 0.2) is 84.9 Å². The molecule has 1 aliphatic heterocycles. The van der Waals surface area contributed by atoms with Crippen LogP contribution >= 0.6 is 0 Å². The van der Waals surface area contributed by atoms with Crippen LogP contribution in [0.3, 0.4) is 0 Å². The maximum Gasteiger partial charge on any atom is 0.266 e. The summed E-state index contributed by atoms with van der Waals surface area (Å²) in [5.74, 6) is 0.748. The first-order valence-electron chi connectivity index (χ1n) is 10.5. The number of ether oxygens (including phenoxy) is 2. The summed E-state index contributed by atoms with van der Waals surface area (Å²) in [6.45, 7) is 8.43. The second-order valence-corrected chi connectivity index (χ2v) is 7.32. The minimum absolute atomic E-state index is 0.0821. The van der Waals surface area contributed by atoms with Crippen LogP contribution in [0, 0.1) is 0 Å². The van der Waals surface area contributed by atoms with Crippen molar-refractivity contribution in [2.24, 2.45) is 4.99 Å². The first kappa shape index (κ1) is 23.2. The van der Waals surface area contributed by atoms with Crippen LogP contribution in [-0.2, 0) is 9.53 Å². The first-order chi connectivity index (χ1) is 15.6. The van der Waals surface area contributed by atoms with Crippen molar-refractivity contribution in [1.29, 1.82) is 0 Å². The van der Waals surface area contributed by atoms with Crippen molar-refractivity contribution in [2.45, 2.75) is 24.5 Å². The topological polar surface area (TPSA) is 92.2 Å². The monoisotopic (exact) mass is 435 g/mol. The number of amides is 1. The van der Waals surface area contributed by atoms with Crippen LogP contribution in [0.2, 0.25) is 0 Å². The molecule has 7 nitrogen and oxygen atoms in total. The Morgan fingerprint density at radius 2 is 1.91 bits per heavy atom. The molecule has 2 aromatic carbocycles. The van der Waals surface area contributed by atoms with Crippen molar-refractivity contribution < 1.29 is 19.4 Å². The Kier molecular flexibility index (Phi) is 8.19. The normalized spacial score (nSPS) is 19.5. The molecule has 0 aromatic heterocycles. The molecule has 0 unspecified atom stereocenters. The third-order valence-corrected chi connectivity index (χ3v) is 5.04. The van der Waals surface area contributed by atoms with Crippen molar-refractivity contribution in [3.05, 3.63) is 91.0 Å². The van der Waals surface area contributed by atoms with Gasteiger partial charge in [0.15, 0.2) is 11.6 Å². The Bertz CT molecular complexity index is 943. The molecule has 1 aliphatic rings.